The Hall–Kier alpha value is -0.130. The smallest absolute Gasteiger partial charge is 0.216 e. The Kier molecular flexibility index (Phi) is 5.23. The van der Waals surface area contributed by atoms with E-state index in [-0.39, 0.29) is 12.6 Å². The second kappa shape index (κ2) is 5.27. The van der Waals surface area contributed by atoms with Gasteiger partial charge in [0.15, 0.2) is 0 Å². The van der Waals surface area contributed by atoms with Gasteiger partial charge in [0.2, 0.25) is 10.0 Å². The molecule has 5 heteroatoms. The second-order valence-corrected chi connectivity index (χ2v) is 7.71. The summed E-state index contributed by atoms with van der Waals surface area (Å²) in [5.74, 6) is 0.352. The zero-order valence-corrected chi connectivity index (χ0v) is 11.1. The van der Waals surface area contributed by atoms with Crippen LogP contribution in [0.4, 0.5) is 0 Å². The van der Waals surface area contributed by atoms with E-state index in [1.165, 1.54) is 0 Å². The highest BCUT2D eigenvalue weighted by atomic mass is 32.2. The van der Waals surface area contributed by atoms with Crippen molar-refractivity contribution in [3.8, 4) is 0 Å². The number of sulfonamides is 1. The molecule has 4 nitrogen and oxygen atoms in total. The predicted molar refractivity (Wildman–Crippen MR) is 62.1 cm³/mol. The minimum atomic E-state index is -3.36. The van der Waals surface area contributed by atoms with Crippen molar-refractivity contribution >= 4 is 10.0 Å². The monoisotopic (exact) mass is 237 g/mol. The normalized spacial score (nSPS) is 15.7. The molecule has 0 saturated heterocycles. The van der Waals surface area contributed by atoms with Crippen molar-refractivity contribution in [3.63, 3.8) is 0 Å². The van der Waals surface area contributed by atoms with Gasteiger partial charge in [0.05, 0.1) is 11.4 Å². The molecular formula is C10H23NO3S. The van der Waals surface area contributed by atoms with Crippen molar-refractivity contribution in [1.82, 2.24) is 4.72 Å². The highest BCUT2D eigenvalue weighted by Crippen LogP contribution is 2.15. The zero-order chi connectivity index (χ0) is 12.3. The van der Waals surface area contributed by atoms with Crippen LogP contribution in [0.5, 0.6) is 0 Å². The van der Waals surface area contributed by atoms with E-state index in [0.717, 1.165) is 0 Å². The molecule has 0 heterocycles. The Bertz CT molecular complexity index is 278. The summed E-state index contributed by atoms with van der Waals surface area (Å²) in [6.45, 7) is 8.74. The minimum absolute atomic E-state index is 0.159. The highest BCUT2D eigenvalue weighted by molar-refractivity contribution is 7.90. The fourth-order valence-corrected chi connectivity index (χ4v) is 2.09. The topological polar surface area (TPSA) is 66.4 Å². The van der Waals surface area contributed by atoms with Gasteiger partial charge in [-0.15, -0.1) is 0 Å². The number of hydrogen-bond donors (Lipinski definition) is 2. The summed E-state index contributed by atoms with van der Waals surface area (Å²) in [6.07, 6.45) is 0.645. The van der Waals surface area contributed by atoms with Gasteiger partial charge < -0.3 is 5.11 Å². The van der Waals surface area contributed by atoms with Gasteiger partial charge in [0.25, 0.3) is 0 Å². The Morgan fingerprint density at radius 2 is 1.73 bits per heavy atom. The highest BCUT2D eigenvalue weighted by Gasteiger charge is 2.31. The molecule has 0 amide bonds. The van der Waals surface area contributed by atoms with Crippen LogP contribution in [-0.4, -0.2) is 30.9 Å². The van der Waals surface area contributed by atoms with E-state index in [1.807, 2.05) is 13.8 Å². The summed E-state index contributed by atoms with van der Waals surface area (Å²) >= 11 is 0. The molecule has 0 rings (SSSR count). The summed E-state index contributed by atoms with van der Waals surface area (Å²) in [5.41, 5.74) is 0. The maximum atomic E-state index is 11.8. The van der Waals surface area contributed by atoms with Gasteiger partial charge in [-0.1, -0.05) is 13.8 Å². The Balaban J connectivity index is 4.56. The maximum Gasteiger partial charge on any atom is 0.216 e. The standard InChI is InChI=1S/C10H23NO3S/c1-8(2)6-9(7-12)11-15(13,14)10(3,4)5/h8-9,11-12H,6-7H2,1-5H3/t9-/m1/s1. The molecule has 0 unspecified atom stereocenters. The number of aliphatic hydroxyl groups is 1. The molecule has 0 aromatic carbocycles. The molecule has 92 valence electrons. The third-order valence-corrected chi connectivity index (χ3v) is 4.36. The molecule has 0 aliphatic rings. The van der Waals surface area contributed by atoms with E-state index < -0.39 is 14.8 Å². The zero-order valence-electron chi connectivity index (χ0n) is 10.2. The van der Waals surface area contributed by atoms with Crippen LogP contribution in [0.2, 0.25) is 0 Å². The number of aliphatic hydroxyl groups excluding tert-OH is 1. The van der Waals surface area contributed by atoms with Crippen LogP contribution in [0.25, 0.3) is 0 Å². The number of hydrogen-bond acceptors (Lipinski definition) is 3. The third kappa shape index (κ3) is 4.95. The molecular weight excluding hydrogens is 214 g/mol. The first-order chi connectivity index (χ1) is 6.60. The summed E-state index contributed by atoms with van der Waals surface area (Å²) < 4.78 is 25.3. The van der Waals surface area contributed by atoms with Crippen LogP contribution in [0.3, 0.4) is 0 Å². The predicted octanol–water partition coefficient (Wildman–Crippen LogP) is 1.11. The lowest BCUT2D eigenvalue weighted by Crippen LogP contribution is -2.46. The summed E-state index contributed by atoms with van der Waals surface area (Å²) in [5, 5.41) is 9.08. The molecule has 0 radical (unpaired) electrons. The quantitative estimate of drug-likeness (QED) is 0.753. The van der Waals surface area contributed by atoms with Crippen LogP contribution < -0.4 is 4.72 Å². The van der Waals surface area contributed by atoms with Crippen molar-refractivity contribution in [3.05, 3.63) is 0 Å². The fraction of sp³-hybridized carbons (Fsp3) is 1.00. The molecule has 0 spiro atoms. The molecule has 0 aliphatic carbocycles. The molecule has 1 atom stereocenters. The lowest BCUT2D eigenvalue weighted by atomic mass is 10.1. The average molecular weight is 237 g/mol. The van der Waals surface area contributed by atoms with E-state index in [9.17, 15) is 8.42 Å². The van der Waals surface area contributed by atoms with Crippen LogP contribution in [0, 0.1) is 5.92 Å². The number of nitrogens with one attached hydrogen (secondary N) is 1. The lowest BCUT2D eigenvalue weighted by molar-refractivity contribution is 0.239. The number of rotatable bonds is 5. The van der Waals surface area contributed by atoms with Crippen molar-refractivity contribution < 1.29 is 13.5 Å². The van der Waals surface area contributed by atoms with E-state index in [2.05, 4.69) is 4.72 Å². The van der Waals surface area contributed by atoms with Crippen LogP contribution >= 0.6 is 0 Å². The van der Waals surface area contributed by atoms with Crippen molar-refractivity contribution in [2.45, 2.75) is 51.8 Å². The van der Waals surface area contributed by atoms with Gasteiger partial charge in [-0.3, -0.25) is 0 Å². The van der Waals surface area contributed by atoms with Gasteiger partial charge in [-0.05, 0) is 33.1 Å². The average Bonchev–Trinajstić information content (AvgIpc) is 1.99. The summed E-state index contributed by atoms with van der Waals surface area (Å²) in [7, 11) is -3.36. The fourth-order valence-electron chi connectivity index (χ4n) is 1.13. The molecule has 0 aromatic heterocycles. The minimum Gasteiger partial charge on any atom is -0.395 e. The Labute approximate surface area is 93.1 Å². The second-order valence-electron chi connectivity index (χ2n) is 5.24. The van der Waals surface area contributed by atoms with Crippen LogP contribution in [0.15, 0.2) is 0 Å². The van der Waals surface area contributed by atoms with Gasteiger partial charge in [0.1, 0.15) is 0 Å². The molecule has 2 N–H and O–H groups in total. The van der Waals surface area contributed by atoms with Gasteiger partial charge in [-0.25, -0.2) is 13.1 Å². The summed E-state index contributed by atoms with van der Waals surface area (Å²) in [4.78, 5) is 0. The molecule has 15 heavy (non-hydrogen) atoms. The Morgan fingerprint density at radius 1 is 1.27 bits per heavy atom. The van der Waals surface area contributed by atoms with E-state index >= 15 is 0 Å². The first-order valence-electron chi connectivity index (χ1n) is 5.23. The van der Waals surface area contributed by atoms with Gasteiger partial charge in [-0.2, -0.15) is 0 Å². The molecule has 0 aromatic rings. The van der Waals surface area contributed by atoms with E-state index in [0.29, 0.717) is 12.3 Å². The first-order valence-corrected chi connectivity index (χ1v) is 6.71. The van der Waals surface area contributed by atoms with Gasteiger partial charge >= 0.3 is 0 Å². The first kappa shape index (κ1) is 14.9. The van der Waals surface area contributed by atoms with Gasteiger partial charge in [0, 0.05) is 6.04 Å². The van der Waals surface area contributed by atoms with Crippen LogP contribution in [0.1, 0.15) is 41.0 Å². The van der Waals surface area contributed by atoms with E-state index in [1.54, 1.807) is 20.8 Å². The lowest BCUT2D eigenvalue weighted by Gasteiger charge is -2.25. The molecule has 0 fully saturated rings. The SMILES string of the molecule is CC(C)C[C@H](CO)NS(=O)(=O)C(C)(C)C. The largest absolute Gasteiger partial charge is 0.395 e. The van der Waals surface area contributed by atoms with E-state index in [4.69, 9.17) is 5.11 Å². The maximum absolute atomic E-state index is 11.8. The third-order valence-electron chi connectivity index (χ3n) is 2.10. The Morgan fingerprint density at radius 3 is 2.00 bits per heavy atom. The van der Waals surface area contributed by atoms with Crippen molar-refractivity contribution in [1.29, 1.82) is 0 Å². The van der Waals surface area contributed by atoms with Crippen LogP contribution in [-0.2, 0) is 10.0 Å². The van der Waals surface area contributed by atoms with Crippen molar-refractivity contribution in [2.75, 3.05) is 6.61 Å². The van der Waals surface area contributed by atoms with Crippen molar-refractivity contribution in [2.24, 2.45) is 5.92 Å². The molecule has 0 saturated carbocycles. The summed E-state index contributed by atoms with van der Waals surface area (Å²) in [6, 6.07) is -0.380. The molecule has 0 aliphatic heterocycles. The molecule has 0 bridgehead atoms.